The predicted octanol–water partition coefficient (Wildman–Crippen LogP) is 1.48. The van der Waals surface area contributed by atoms with Gasteiger partial charge in [0.15, 0.2) is 0 Å². The van der Waals surface area contributed by atoms with Gasteiger partial charge in [0.25, 0.3) is 0 Å². The van der Waals surface area contributed by atoms with Crippen molar-refractivity contribution in [3.05, 3.63) is 18.5 Å². The first-order valence-corrected chi connectivity index (χ1v) is 6.95. The van der Waals surface area contributed by atoms with Gasteiger partial charge in [0.2, 0.25) is 5.91 Å². The van der Waals surface area contributed by atoms with Gasteiger partial charge in [0, 0.05) is 18.4 Å². The Balaban J connectivity index is 2.69. The lowest BCUT2D eigenvalue weighted by atomic mass is 9.81. The van der Waals surface area contributed by atoms with Crippen LogP contribution in [0, 0.1) is 5.41 Å². The van der Waals surface area contributed by atoms with Crippen LogP contribution in [0.5, 0.6) is 0 Å². The van der Waals surface area contributed by atoms with Gasteiger partial charge in [0.05, 0.1) is 16.9 Å². The molecular formula is C13H22N4OS. The Labute approximate surface area is 119 Å². The number of carbonyl (C=O) groups is 1. The summed E-state index contributed by atoms with van der Waals surface area (Å²) in [5, 5.41) is 7.09. The molecule has 106 valence electrons. The van der Waals surface area contributed by atoms with Crippen LogP contribution in [-0.2, 0) is 11.3 Å². The minimum absolute atomic E-state index is 0.0285. The second-order valence-electron chi connectivity index (χ2n) is 4.76. The van der Waals surface area contributed by atoms with Crippen LogP contribution < -0.4 is 11.1 Å². The zero-order chi connectivity index (χ0) is 14.5. The fourth-order valence-corrected chi connectivity index (χ4v) is 2.51. The molecule has 0 aliphatic carbocycles. The second-order valence-corrected chi connectivity index (χ2v) is 5.20. The van der Waals surface area contributed by atoms with Crippen LogP contribution in [0.15, 0.2) is 18.5 Å². The molecule has 1 heterocycles. The maximum atomic E-state index is 12.4. The Hall–Kier alpha value is -1.43. The quantitative estimate of drug-likeness (QED) is 0.743. The summed E-state index contributed by atoms with van der Waals surface area (Å²) in [5.74, 6) is -0.0929. The van der Waals surface area contributed by atoms with Gasteiger partial charge in [-0.2, -0.15) is 5.10 Å². The average Bonchev–Trinajstić information content (AvgIpc) is 2.83. The SMILES string of the molecule is CCC(CC)(C(=O)NC(C)Cn1cccn1)C(N)=S. The highest BCUT2D eigenvalue weighted by Gasteiger charge is 2.38. The van der Waals surface area contributed by atoms with E-state index < -0.39 is 5.41 Å². The van der Waals surface area contributed by atoms with Gasteiger partial charge in [-0.15, -0.1) is 0 Å². The monoisotopic (exact) mass is 282 g/mol. The summed E-state index contributed by atoms with van der Waals surface area (Å²) in [4.78, 5) is 12.7. The van der Waals surface area contributed by atoms with Crippen molar-refractivity contribution < 1.29 is 4.79 Å². The fourth-order valence-electron chi connectivity index (χ4n) is 2.13. The molecular weight excluding hydrogens is 260 g/mol. The number of hydrogen-bond acceptors (Lipinski definition) is 3. The minimum atomic E-state index is -0.742. The molecule has 1 aromatic heterocycles. The smallest absolute Gasteiger partial charge is 0.233 e. The van der Waals surface area contributed by atoms with Crippen molar-refractivity contribution in [2.45, 2.75) is 46.2 Å². The Morgan fingerprint density at radius 1 is 1.53 bits per heavy atom. The van der Waals surface area contributed by atoms with E-state index in [9.17, 15) is 4.79 Å². The summed E-state index contributed by atoms with van der Waals surface area (Å²) >= 11 is 5.07. The molecule has 0 fully saturated rings. The molecule has 0 spiro atoms. The number of nitrogens with one attached hydrogen (secondary N) is 1. The highest BCUT2D eigenvalue weighted by molar-refractivity contribution is 7.80. The minimum Gasteiger partial charge on any atom is -0.392 e. The maximum Gasteiger partial charge on any atom is 0.233 e. The molecule has 0 saturated heterocycles. The molecule has 0 aliphatic rings. The molecule has 1 unspecified atom stereocenters. The topological polar surface area (TPSA) is 72.9 Å². The first-order valence-electron chi connectivity index (χ1n) is 6.54. The molecule has 1 aromatic rings. The maximum absolute atomic E-state index is 12.4. The van der Waals surface area contributed by atoms with E-state index in [0.717, 1.165) is 0 Å². The molecule has 5 nitrogen and oxygen atoms in total. The van der Waals surface area contributed by atoms with E-state index in [-0.39, 0.29) is 16.9 Å². The van der Waals surface area contributed by atoms with Crippen LogP contribution in [-0.4, -0.2) is 26.7 Å². The van der Waals surface area contributed by atoms with Gasteiger partial charge in [0.1, 0.15) is 0 Å². The first-order chi connectivity index (χ1) is 8.96. The van der Waals surface area contributed by atoms with Gasteiger partial charge in [-0.05, 0) is 25.8 Å². The number of carbonyl (C=O) groups excluding carboxylic acids is 1. The molecule has 3 N–H and O–H groups in total. The van der Waals surface area contributed by atoms with Gasteiger partial charge in [-0.25, -0.2) is 0 Å². The van der Waals surface area contributed by atoms with Gasteiger partial charge in [-0.1, -0.05) is 26.1 Å². The summed E-state index contributed by atoms with van der Waals surface area (Å²) in [6, 6.07) is 1.82. The molecule has 6 heteroatoms. The molecule has 1 atom stereocenters. The predicted molar refractivity (Wildman–Crippen MR) is 79.6 cm³/mol. The summed E-state index contributed by atoms with van der Waals surface area (Å²) in [6.07, 6.45) is 4.80. The zero-order valence-electron chi connectivity index (χ0n) is 11.7. The first kappa shape index (κ1) is 15.6. The van der Waals surface area contributed by atoms with Crippen LogP contribution in [0.25, 0.3) is 0 Å². The van der Waals surface area contributed by atoms with E-state index in [2.05, 4.69) is 10.4 Å². The molecule has 0 aliphatic heterocycles. The summed E-state index contributed by atoms with van der Waals surface area (Å²) < 4.78 is 1.78. The summed E-state index contributed by atoms with van der Waals surface area (Å²) in [5.41, 5.74) is 5.02. The van der Waals surface area contributed by atoms with Crippen molar-refractivity contribution >= 4 is 23.1 Å². The standard InChI is InChI=1S/C13H22N4OS/c1-4-13(5-2,11(14)19)12(18)16-10(3)9-17-8-6-7-15-17/h6-8,10H,4-5,9H2,1-3H3,(H2,14,19)(H,16,18). The lowest BCUT2D eigenvalue weighted by Crippen LogP contribution is -2.51. The fraction of sp³-hybridized carbons (Fsp3) is 0.615. The van der Waals surface area contributed by atoms with Crippen molar-refractivity contribution in [1.82, 2.24) is 15.1 Å². The number of hydrogen-bond donors (Lipinski definition) is 2. The number of rotatable bonds is 7. The van der Waals surface area contributed by atoms with Crippen molar-refractivity contribution in [2.24, 2.45) is 11.1 Å². The Morgan fingerprint density at radius 2 is 2.16 bits per heavy atom. The van der Waals surface area contributed by atoms with Crippen LogP contribution in [0.3, 0.4) is 0 Å². The van der Waals surface area contributed by atoms with Crippen molar-refractivity contribution in [3.63, 3.8) is 0 Å². The molecule has 1 amide bonds. The largest absolute Gasteiger partial charge is 0.392 e. The molecule has 0 saturated carbocycles. The van der Waals surface area contributed by atoms with Crippen molar-refractivity contribution in [1.29, 1.82) is 0 Å². The molecule has 0 radical (unpaired) electrons. The van der Waals surface area contributed by atoms with E-state index in [1.807, 2.05) is 33.0 Å². The summed E-state index contributed by atoms with van der Waals surface area (Å²) in [7, 11) is 0. The normalized spacial score (nSPS) is 13.0. The Morgan fingerprint density at radius 3 is 2.58 bits per heavy atom. The lowest BCUT2D eigenvalue weighted by Gasteiger charge is -2.30. The van der Waals surface area contributed by atoms with Crippen molar-refractivity contribution in [3.8, 4) is 0 Å². The van der Waals surface area contributed by atoms with Gasteiger partial charge in [-0.3, -0.25) is 9.48 Å². The van der Waals surface area contributed by atoms with E-state index in [1.165, 1.54) is 0 Å². The number of aromatic nitrogens is 2. The van der Waals surface area contributed by atoms with Gasteiger partial charge < -0.3 is 11.1 Å². The molecule has 1 rings (SSSR count). The van der Waals surface area contributed by atoms with Crippen LogP contribution in [0.2, 0.25) is 0 Å². The highest BCUT2D eigenvalue weighted by atomic mass is 32.1. The Bertz CT molecular complexity index is 426. The van der Waals surface area contributed by atoms with Crippen molar-refractivity contribution in [2.75, 3.05) is 0 Å². The third kappa shape index (κ3) is 3.53. The van der Waals surface area contributed by atoms with Crippen LogP contribution in [0.4, 0.5) is 0 Å². The number of nitrogens with two attached hydrogens (primary N) is 1. The lowest BCUT2D eigenvalue weighted by molar-refractivity contribution is -0.128. The zero-order valence-corrected chi connectivity index (χ0v) is 12.5. The highest BCUT2D eigenvalue weighted by Crippen LogP contribution is 2.27. The number of nitrogens with zero attached hydrogens (tertiary/aromatic N) is 2. The third-order valence-electron chi connectivity index (χ3n) is 3.51. The van der Waals surface area contributed by atoms with E-state index in [1.54, 1.807) is 10.9 Å². The van der Waals surface area contributed by atoms with Gasteiger partial charge >= 0.3 is 0 Å². The molecule has 0 aromatic carbocycles. The van der Waals surface area contributed by atoms with Crippen LogP contribution in [0.1, 0.15) is 33.6 Å². The van der Waals surface area contributed by atoms with Crippen LogP contribution >= 0.6 is 12.2 Å². The van der Waals surface area contributed by atoms with E-state index >= 15 is 0 Å². The Kier molecular flexibility index (Phi) is 5.47. The summed E-state index contributed by atoms with van der Waals surface area (Å²) in [6.45, 7) is 6.43. The molecule has 0 bridgehead atoms. The van der Waals surface area contributed by atoms with E-state index in [4.69, 9.17) is 18.0 Å². The van der Waals surface area contributed by atoms with E-state index in [0.29, 0.717) is 19.4 Å². The third-order valence-corrected chi connectivity index (χ3v) is 3.90. The molecule has 19 heavy (non-hydrogen) atoms. The number of thiocarbonyl (C=S) groups is 1. The number of amides is 1. The average molecular weight is 282 g/mol. The second kappa shape index (κ2) is 6.65.